The summed E-state index contributed by atoms with van der Waals surface area (Å²) in [6, 6.07) is 21.0. The van der Waals surface area contributed by atoms with Gasteiger partial charge in [0, 0.05) is 22.3 Å². The third-order valence-corrected chi connectivity index (χ3v) is 6.15. The molecule has 5 nitrogen and oxygen atoms in total. The third kappa shape index (κ3) is 5.79. The number of carbonyl (C=O) groups excluding carboxylic acids is 1. The summed E-state index contributed by atoms with van der Waals surface area (Å²) in [6.07, 6.45) is -9.23. The van der Waals surface area contributed by atoms with Gasteiger partial charge >= 0.3 is 12.4 Å². The van der Waals surface area contributed by atoms with Crippen molar-refractivity contribution in [1.82, 2.24) is 4.98 Å². The number of aromatic hydroxyl groups is 1. The summed E-state index contributed by atoms with van der Waals surface area (Å²) in [7, 11) is 0. The number of hydrogen-bond donors (Lipinski definition) is 2. The molecule has 5 rings (SSSR count). The first-order valence-corrected chi connectivity index (χ1v) is 12.0. The Morgan fingerprint density at radius 1 is 0.707 bits per heavy atom. The Morgan fingerprint density at radius 2 is 1.32 bits per heavy atom. The zero-order valence-electron chi connectivity index (χ0n) is 20.7. The highest BCUT2D eigenvalue weighted by Gasteiger charge is 2.32. The van der Waals surface area contributed by atoms with Crippen LogP contribution >= 0.6 is 0 Å². The number of halogens is 6. The molecule has 4 aromatic carbocycles. The first kappa shape index (κ1) is 27.5. The second-order valence-electron chi connectivity index (χ2n) is 8.87. The van der Waals surface area contributed by atoms with Crippen LogP contribution in [0.15, 0.2) is 101 Å². The van der Waals surface area contributed by atoms with E-state index in [2.05, 4.69) is 10.3 Å². The molecule has 0 aliphatic carbocycles. The number of benzene rings is 4. The zero-order valence-corrected chi connectivity index (χ0v) is 20.7. The Balaban J connectivity index is 1.54. The van der Waals surface area contributed by atoms with E-state index in [0.29, 0.717) is 11.6 Å². The van der Waals surface area contributed by atoms with Gasteiger partial charge in [-0.3, -0.25) is 10.1 Å². The number of hydrogen-bond acceptors (Lipinski definition) is 4. The van der Waals surface area contributed by atoms with Gasteiger partial charge in [-0.25, -0.2) is 4.98 Å². The van der Waals surface area contributed by atoms with Crippen LogP contribution in [0.3, 0.4) is 0 Å². The fourth-order valence-electron chi connectivity index (χ4n) is 4.14. The van der Waals surface area contributed by atoms with E-state index in [1.54, 1.807) is 36.4 Å². The smallest absolute Gasteiger partial charge is 0.416 e. The minimum atomic E-state index is -4.68. The second-order valence-corrected chi connectivity index (χ2v) is 8.87. The van der Waals surface area contributed by atoms with Crippen LogP contribution in [-0.4, -0.2) is 16.0 Å². The fourth-order valence-corrected chi connectivity index (χ4v) is 4.14. The van der Waals surface area contributed by atoms with E-state index in [4.69, 9.17) is 4.42 Å². The molecule has 11 heteroatoms. The molecule has 0 saturated carbocycles. The van der Waals surface area contributed by atoms with Gasteiger partial charge in [-0.2, -0.15) is 26.3 Å². The number of amides is 1. The Kier molecular flexibility index (Phi) is 7.04. The van der Waals surface area contributed by atoms with Crippen molar-refractivity contribution in [2.24, 2.45) is 0 Å². The molecule has 41 heavy (non-hydrogen) atoms. The molecular weight excluding hydrogens is 550 g/mol. The van der Waals surface area contributed by atoms with E-state index in [1.165, 1.54) is 30.3 Å². The first-order valence-electron chi connectivity index (χ1n) is 12.0. The van der Waals surface area contributed by atoms with Gasteiger partial charge in [-0.05, 0) is 48.0 Å². The van der Waals surface area contributed by atoms with Gasteiger partial charge in [0.15, 0.2) is 0 Å². The Hall–Kier alpha value is -5.06. The van der Waals surface area contributed by atoms with E-state index in [9.17, 15) is 36.2 Å². The molecule has 1 aromatic heterocycles. The average Bonchev–Trinajstić information content (AvgIpc) is 3.36. The molecule has 0 fully saturated rings. The van der Waals surface area contributed by atoms with Gasteiger partial charge in [0.1, 0.15) is 11.4 Å². The monoisotopic (exact) mass is 568 g/mol. The van der Waals surface area contributed by atoms with Gasteiger partial charge in [0.25, 0.3) is 5.91 Å². The van der Waals surface area contributed by atoms with E-state index >= 15 is 0 Å². The maximum Gasteiger partial charge on any atom is 0.416 e. The van der Waals surface area contributed by atoms with Crippen LogP contribution in [0.4, 0.5) is 32.2 Å². The average molecular weight is 568 g/mol. The molecule has 0 atom stereocenters. The maximum absolute atomic E-state index is 13.5. The Labute approximate surface area is 228 Å². The minimum absolute atomic E-state index is 0.0152. The zero-order chi connectivity index (χ0) is 29.4. The van der Waals surface area contributed by atoms with E-state index in [-0.39, 0.29) is 39.7 Å². The highest BCUT2D eigenvalue weighted by molar-refractivity contribution is 6.09. The van der Waals surface area contributed by atoms with Crippen molar-refractivity contribution in [2.45, 2.75) is 12.4 Å². The van der Waals surface area contributed by atoms with Crippen molar-refractivity contribution < 1.29 is 40.7 Å². The first-order chi connectivity index (χ1) is 19.4. The van der Waals surface area contributed by atoms with Gasteiger partial charge in [0.2, 0.25) is 11.8 Å². The summed E-state index contributed by atoms with van der Waals surface area (Å²) in [5.41, 5.74) is -1.01. The molecule has 0 aliphatic heterocycles. The van der Waals surface area contributed by atoms with E-state index < -0.39 is 35.1 Å². The van der Waals surface area contributed by atoms with Crippen LogP contribution in [0.5, 0.6) is 5.75 Å². The number of anilines is 1. The van der Waals surface area contributed by atoms with Crippen molar-refractivity contribution in [3.63, 3.8) is 0 Å². The molecule has 0 radical (unpaired) electrons. The molecule has 1 heterocycles. The number of nitrogens with zero attached hydrogens (tertiary/aromatic N) is 1. The predicted octanol–water partition coefficient (Wildman–Crippen LogP) is 8.67. The Bertz CT molecular complexity index is 1710. The van der Waals surface area contributed by atoms with Gasteiger partial charge in [-0.1, -0.05) is 54.6 Å². The number of phenols is 1. The van der Waals surface area contributed by atoms with Crippen molar-refractivity contribution in [1.29, 1.82) is 0 Å². The lowest BCUT2D eigenvalue weighted by Crippen LogP contribution is -2.13. The molecule has 5 aromatic rings. The fraction of sp³-hybridized carbons (Fsp3) is 0.0667. The number of nitrogens with one attached hydrogen (secondary N) is 1. The highest BCUT2D eigenvalue weighted by Crippen LogP contribution is 2.39. The summed E-state index contributed by atoms with van der Waals surface area (Å²) in [5.74, 6) is -1.52. The molecular formula is C30H18F6N2O3. The minimum Gasteiger partial charge on any atom is -0.507 e. The second kappa shape index (κ2) is 10.5. The third-order valence-electron chi connectivity index (χ3n) is 6.15. The quantitative estimate of drug-likeness (QED) is 0.208. The molecule has 0 bridgehead atoms. The van der Waals surface area contributed by atoms with Crippen LogP contribution in [-0.2, 0) is 12.4 Å². The van der Waals surface area contributed by atoms with Crippen molar-refractivity contribution in [3.05, 3.63) is 114 Å². The van der Waals surface area contributed by atoms with Crippen molar-refractivity contribution >= 4 is 11.8 Å². The van der Waals surface area contributed by atoms with Crippen LogP contribution in [0.2, 0.25) is 0 Å². The van der Waals surface area contributed by atoms with Gasteiger partial charge < -0.3 is 9.52 Å². The molecule has 1 amide bonds. The standard InChI is InChI=1S/C30H18F6N2O3/c31-29(32,33)19-12-10-17(11-13-19)25-28(41-27(37-25)18-6-2-1-3-7-18)38-26(40)23-9-5-4-8-21(23)22-15-14-20(16-24(22)39)30(34,35)36/h1-16,39H,(H,38,40). The maximum atomic E-state index is 13.5. The normalized spacial score (nSPS) is 11.9. The van der Waals surface area contributed by atoms with Crippen LogP contribution in [0.25, 0.3) is 33.8 Å². The lowest BCUT2D eigenvalue weighted by Gasteiger charge is -2.13. The summed E-state index contributed by atoms with van der Waals surface area (Å²) in [5, 5.41) is 12.9. The number of carbonyl (C=O) groups is 1. The molecule has 208 valence electrons. The van der Waals surface area contributed by atoms with Gasteiger partial charge in [0.05, 0.1) is 11.1 Å². The van der Waals surface area contributed by atoms with Crippen LogP contribution in [0.1, 0.15) is 21.5 Å². The molecule has 0 saturated heterocycles. The summed E-state index contributed by atoms with van der Waals surface area (Å²) >= 11 is 0. The number of rotatable bonds is 5. The molecule has 0 aliphatic rings. The predicted molar refractivity (Wildman–Crippen MR) is 139 cm³/mol. The SMILES string of the molecule is O=C(Nc1oc(-c2ccccc2)nc1-c1ccc(C(F)(F)F)cc1)c1ccccc1-c1ccc(C(F)(F)F)cc1O. The topological polar surface area (TPSA) is 75.4 Å². The summed E-state index contributed by atoms with van der Waals surface area (Å²) in [6.45, 7) is 0. The number of oxazole rings is 1. The van der Waals surface area contributed by atoms with Gasteiger partial charge in [-0.15, -0.1) is 0 Å². The molecule has 2 N–H and O–H groups in total. The lowest BCUT2D eigenvalue weighted by molar-refractivity contribution is -0.138. The van der Waals surface area contributed by atoms with Crippen LogP contribution < -0.4 is 5.32 Å². The summed E-state index contributed by atoms with van der Waals surface area (Å²) < 4.78 is 84.4. The largest absolute Gasteiger partial charge is 0.507 e. The Morgan fingerprint density at radius 3 is 1.95 bits per heavy atom. The van der Waals surface area contributed by atoms with E-state index in [1.807, 2.05) is 0 Å². The van der Waals surface area contributed by atoms with Crippen LogP contribution in [0, 0.1) is 0 Å². The number of phenolic OH excluding ortho intramolecular Hbond substituents is 1. The van der Waals surface area contributed by atoms with E-state index in [0.717, 1.165) is 24.3 Å². The van der Waals surface area contributed by atoms with Crippen molar-refractivity contribution in [2.75, 3.05) is 5.32 Å². The highest BCUT2D eigenvalue weighted by atomic mass is 19.4. The van der Waals surface area contributed by atoms with Crippen molar-refractivity contribution in [3.8, 4) is 39.6 Å². The number of alkyl halides is 6. The number of aromatic nitrogens is 1. The lowest BCUT2D eigenvalue weighted by atomic mass is 9.97. The summed E-state index contributed by atoms with van der Waals surface area (Å²) in [4.78, 5) is 17.9. The molecule has 0 spiro atoms. The molecule has 0 unspecified atom stereocenters.